The molecule has 2 aromatic rings. The minimum atomic E-state index is -3.13. The maximum atomic E-state index is 11.8. The number of aliphatic hydroxyl groups excluding tert-OH is 1. The van der Waals surface area contributed by atoms with Gasteiger partial charge in [0, 0.05) is 22.9 Å². The minimum Gasteiger partial charge on any atom is -0.464 e. The summed E-state index contributed by atoms with van der Waals surface area (Å²) >= 11 is 0. The quantitative estimate of drug-likeness (QED) is 0.888. The molecule has 3 rings (SSSR count). The van der Waals surface area contributed by atoms with Crippen LogP contribution >= 0.6 is 0 Å². The Hall–Kier alpha value is -1.37. The Balaban J connectivity index is 2.05. The number of nitrogens with two attached hydrogens (primary N) is 1. The van der Waals surface area contributed by atoms with Crippen LogP contribution in [-0.2, 0) is 9.84 Å². The molecule has 1 saturated heterocycles. The molecule has 0 saturated carbocycles. The van der Waals surface area contributed by atoms with Crippen molar-refractivity contribution in [1.82, 2.24) is 0 Å². The van der Waals surface area contributed by atoms with E-state index in [2.05, 4.69) is 0 Å². The summed E-state index contributed by atoms with van der Waals surface area (Å²) in [5, 5.41) is 11.5. The summed E-state index contributed by atoms with van der Waals surface area (Å²) in [7, 11) is -3.13. The first-order valence-corrected chi connectivity index (χ1v) is 8.34. The molecule has 2 unspecified atom stereocenters. The molecule has 1 aromatic heterocycles. The summed E-state index contributed by atoms with van der Waals surface area (Å²) in [6, 6.07) is 7.37. The molecule has 0 spiro atoms. The van der Waals surface area contributed by atoms with E-state index in [4.69, 9.17) is 10.2 Å². The van der Waals surface area contributed by atoms with Crippen LogP contribution in [0.15, 0.2) is 34.9 Å². The van der Waals surface area contributed by atoms with Crippen molar-refractivity contribution in [2.75, 3.05) is 18.1 Å². The van der Waals surface area contributed by atoms with E-state index in [-0.39, 0.29) is 18.1 Å². The summed E-state index contributed by atoms with van der Waals surface area (Å²) < 4.78 is 28.9. The number of hydrogen-bond donors (Lipinski definition) is 2. The SMILES string of the molecule is NCC1(C(O)c2coc3ccccc23)CCS(=O)(=O)C1. The highest BCUT2D eigenvalue weighted by atomic mass is 32.2. The molecule has 1 aliphatic heterocycles. The maximum absolute atomic E-state index is 11.8. The number of aliphatic hydroxyl groups is 1. The normalized spacial score (nSPS) is 26.9. The predicted octanol–water partition coefficient (Wildman–Crippen LogP) is 1.23. The predicted molar refractivity (Wildman–Crippen MR) is 75.9 cm³/mol. The fourth-order valence-corrected chi connectivity index (χ4v) is 5.13. The molecule has 108 valence electrons. The van der Waals surface area contributed by atoms with Crippen LogP contribution in [0.5, 0.6) is 0 Å². The second-order valence-corrected chi connectivity index (χ2v) is 7.68. The fourth-order valence-electron chi connectivity index (χ4n) is 2.97. The maximum Gasteiger partial charge on any atom is 0.151 e. The van der Waals surface area contributed by atoms with Crippen LogP contribution in [-0.4, -0.2) is 31.6 Å². The lowest BCUT2D eigenvalue weighted by molar-refractivity contribution is 0.0477. The van der Waals surface area contributed by atoms with Gasteiger partial charge in [-0.2, -0.15) is 0 Å². The van der Waals surface area contributed by atoms with E-state index in [1.807, 2.05) is 24.3 Å². The van der Waals surface area contributed by atoms with Gasteiger partial charge in [-0.25, -0.2) is 8.42 Å². The van der Waals surface area contributed by atoms with Crippen LogP contribution in [0.1, 0.15) is 18.1 Å². The van der Waals surface area contributed by atoms with Crippen molar-refractivity contribution in [1.29, 1.82) is 0 Å². The number of fused-ring (bicyclic) bond motifs is 1. The Morgan fingerprint density at radius 1 is 1.40 bits per heavy atom. The summed E-state index contributed by atoms with van der Waals surface area (Å²) in [5.41, 5.74) is 6.26. The van der Waals surface area contributed by atoms with E-state index in [0.717, 1.165) is 5.39 Å². The fraction of sp³-hybridized carbons (Fsp3) is 0.429. The second kappa shape index (κ2) is 4.58. The smallest absolute Gasteiger partial charge is 0.151 e. The third-order valence-corrected chi connectivity index (χ3v) is 6.05. The van der Waals surface area contributed by atoms with Crippen LogP contribution in [0.4, 0.5) is 0 Å². The monoisotopic (exact) mass is 295 g/mol. The van der Waals surface area contributed by atoms with Crippen molar-refractivity contribution in [3.63, 3.8) is 0 Å². The molecule has 6 heteroatoms. The molecule has 2 heterocycles. The molecule has 0 amide bonds. The Bertz CT molecular complexity index is 736. The van der Waals surface area contributed by atoms with Crippen molar-refractivity contribution < 1.29 is 17.9 Å². The van der Waals surface area contributed by atoms with E-state index in [0.29, 0.717) is 17.6 Å². The molecule has 3 N–H and O–H groups in total. The lowest BCUT2D eigenvalue weighted by Crippen LogP contribution is -2.37. The van der Waals surface area contributed by atoms with Crippen LogP contribution in [0.3, 0.4) is 0 Å². The van der Waals surface area contributed by atoms with Gasteiger partial charge in [0.15, 0.2) is 9.84 Å². The number of para-hydroxylation sites is 1. The van der Waals surface area contributed by atoms with Gasteiger partial charge in [0.05, 0.1) is 23.9 Å². The van der Waals surface area contributed by atoms with Crippen LogP contribution in [0.2, 0.25) is 0 Å². The summed E-state index contributed by atoms with van der Waals surface area (Å²) in [5.74, 6) is 0.00815. The van der Waals surface area contributed by atoms with Crippen molar-refractivity contribution in [3.8, 4) is 0 Å². The molecule has 5 nitrogen and oxygen atoms in total. The molecule has 0 bridgehead atoms. The van der Waals surface area contributed by atoms with Gasteiger partial charge < -0.3 is 15.3 Å². The first-order valence-electron chi connectivity index (χ1n) is 6.52. The van der Waals surface area contributed by atoms with E-state index >= 15 is 0 Å². The Morgan fingerprint density at radius 2 is 2.15 bits per heavy atom. The average molecular weight is 295 g/mol. The summed E-state index contributed by atoms with van der Waals surface area (Å²) in [6.45, 7) is 0.132. The number of furan rings is 1. The second-order valence-electron chi connectivity index (χ2n) is 5.50. The van der Waals surface area contributed by atoms with Gasteiger partial charge in [-0.15, -0.1) is 0 Å². The number of sulfone groups is 1. The van der Waals surface area contributed by atoms with Gasteiger partial charge in [-0.1, -0.05) is 18.2 Å². The zero-order chi connectivity index (χ0) is 14.4. The van der Waals surface area contributed by atoms with Gasteiger partial charge in [0.2, 0.25) is 0 Å². The van der Waals surface area contributed by atoms with Crippen molar-refractivity contribution in [3.05, 3.63) is 36.1 Å². The van der Waals surface area contributed by atoms with Crippen LogP contribution < -0.4 is 5.73 Å². The van der Waals surface area contributed by atoms with Crippen LogP contribution in [0.25, 0.3) is 11.0 Å². The van der Waals surface area contributed by atoms with Crippen LogP contribution in [0, 0.1) is 5.41 Å². The molecule has 0 radical (unpaired) electrons. The van der Waals surface area contributed by atoms with E-state index < -0.39 is 21.4 Å². The van der Waals surface area contributed by atoms with Gasteiger partial charge >= 0.3 is 0 Å². The number of benzene rings is 1. The van der Waals surface area contributed by atoms with E-state index in [1.54, 1.807) is 0 Å². The topological polar surface area (TPSA) is 93.5 Å². The Kier molecular flexibility index (Phi) is 3.12. The van der Waals surface area contributed by atoms with Crippen molar-refractivity contribution >= 4 is 20.8 Å². The average Bonchev–Trinajstić information content (AvgIpc) is 2.99. The summed E-state index contributed by atoms with van der Waals surface area (Å²) in [6.07, 6.45) is 0.943. The zero-order valence-corrected chi connectivity index (χ0v) is 11.8. The lowest BCUT2D eigenvalue weighted by Gasteiger charge is -2.31. The van der Waals surface area contributed by atoms with Gasteiger partial charge in [-0.3, -0.25) is 0 Å². The minimum absolute atomic E-state index is 0.0722. The molecule has 20 heavy (non-hydrogen) atoms. The highest BCUT2D eigenvalue weighted by Crippen LogP contribution is 2.44. The molecule has 2 atom stereocenters. The summed E-state index contributed by atoms with van der Waals surface area (Å²) in [4.78, 5) is 0. The number of hydrogen-bond acceptors (Lipinski definition) is 5. The molecule has 1 aromatic carbocycles. The molecule has 1 aliphatic rings. The molecular formula is C14H17NO4S. The van der Waals surface area contributed by atoms with Gasteiger partial charge in [0.25, 0.3) is 0 Å². The van der Waals surface area contributed by atoms with Crippen molar-refractivity contribution in [2.24, 2.45) is 11.1 Å². The standard InChI is InChI=1S/C14H17NO4S/c15-8-14(5-6-20(17,18)9-14)13(16)11-7-19-12-4-2-1-3-10(11)12/h1-4,7,13,16H,5-6,8-9,15H2. The highest BCUT2D eigenvalue weighted by Gasteiger charge is 2.47. The third-order valence-electron chi connectivity index (χ3n) is 4.21. The van der Waals surface area contributed by atoms with Gasteiger partial charge in [-0.05, 0) is 12.5 Å². The Labute approximate surface area is 117 Å². The third kappa shape index (κ3) is 2.04. The zero-order valence-electron chi connectivity index (χ0n) is 11.0. The first kappa shape index (κ1) is 13.6. The van der Waals surface area contributed by atoms with E-state index in [9.17, 15) is 13.5 Å². The number of rotatable bonds is 3. The molecular weight excluding hydrogens is 278 g/mol. The van der Waals surface area contributed by atoms with Gasteiger partial charge in [0.1, 0.15) is 5.58 Å². The lowest BCUT2D eigenvalue weighted by atomic mass is 9.78. The van der Waals surface area contributed by atoms with E-state index in [1.165, 1.54) is 6.26 Å². The van der Waals surface area contributed by atoms with Crippen molar-refractivity contribution in [2.45, 2.75) is 12.5 Å². The highest BCUT2D eigenvalue weighted by molar-refractivity contribution is 7.91. The Morgan fingerprint density at radius 3 is 2.80 bits per heavy atom. The largest absolute Gasteiger partial charge is 0.464 e. The molecule has 0 aliphatic carbocycles. The molecule has 1 fully saturated rings. The first-order chi connectivity index (χ1) is 9.47.